The molecule has 6 nitrogen and oxygen atoms in total. The third kappa shape index (κ3) is 3.75. The molecule has 1 radical (unpaired) electrons. The Balaban J connectivity index is 2.22. The number of allylic oxidation sites excluding steroid dienone is 1. The molecule has 21 heavy (non-hydrogen) atoms. The standard InChI is InChI=1S/C15H16N3O3/c19-11-10-17-15(21)18(12-6-2-1-3-7-12)14(20)13-8-4-5-9-16-13/h1-2,4-5,8-9,12H,3,6-7,10H2,(H,17,21). The number of aromatic nitrogens is 1. The van der Waals surface area contributed by atoms with Crippen LogP contribution in [-0.2, 0) is 4.79 Å². The fourth-order valence-corrected chi connectivity index (χ4v) is 2.25. The molecule has 0 aliphatic heterocycles. The predicted molar refractivity (Wildman–Crippen MR) is 76.3 cm³/mol. The highest BCUT2D eigenvalue weighted by atomic mass is 16.2. The molecule has 1 unspecified atom stereocenters. The minimum Gasteiger partial charge on any atom is -0.330 e. The largest absolute Gasteiger partial charge is 0.330 e. The van der Waals surface area contributed by atoms with Crippen molar-refractivity contribution in [3.8, 4) is 0 Å². The molecular formula is C15H16N3O3. The van der Waals surface area contributed by atoms with E-state index in [0.717, 1.165) is 11.3 Å². The lowest BCUT2D eigenvalue weighted by Gasteiger charge is -2.30. The summed E-state index contributed by atoms with van der Waals surface area (Å²) in [5.41, 5.74) is 0.206. The van der Waals surface area contributed by atoms with Gasteiger partial charge in [0.25, 0.3) is 5.91 Å². The van der Waals surface area contributed by atoms with Crippen LogP contribution in [0.5, 0.6) is 0 Å². The van der Waals surface area contributed by atoms with Gasteiger partial charge in [0.15, 0.2) is 0 Å². The van der Waals surface area contributed by atoms with Gasteiger partial charge >= 0.3 is 6.03 Å². The molecule has 2 rings (SSSR count). The maximum Gasteiger partial charge on any atom is 0.325 e. The zero-order valence-corrected chi connectivity index (χ0v) is 11.5. The number of nitrogens with zero attached hydrogens (tertiary/aromatic N) is 2. The molecule has 1 heterocycles. The van der Waals surface area contributed by atoms with Gasteiger partial charge in [-0.2, -0.15) is 0 Å². The minimum absolute atomic E-state index is 0.206. The quantitative estimate of drug-likeness (QED) is 0.850. The van der Waals surface area contributed by atoms with Crippen molar-refractivity contribution in [3.05, 3.63) is 42.2 Å². The van der Waals surface area contributed by atoms with Gasteiger partial charge < -0.3 is 5.32 Å². The predicted octanol–water partition coefficient (Wildman–Crippen LogP) is 1.45. The Hall–Kier alpha value is -2.50. The van der Waals surface area contributed by atoms with Crippen molar-refractivity contribution in [2.45, 2.75) is 25.3 Å². The molecule has 0 fully saturated rings. The number of imide groups is 1. The molecule has 1 aliphatic rings. The van der Waals surface area contributed by atoms with Crippen molar-refractivity contribution < 1.29 is 14.4 Å². The third-order valence-electron chi connectivity index (χ3n) is 3.24. The van der Waals surface area contributed by atoms with Crippen molar-refractivity contribution in [2.24, 2.45) is 0 Å². The summed E-state index contributed by atoms with van der Waals surface area (Å²) >= 11 is 0. The third-order valence-corrected chi connectivity index (χ3v) is 3.24. The summed E-state index contributed by atoms with van der Waals surface area (Å²) < 4.78 is 0. The first-order chi connectivity index (χ1) is 10.2. The Kier molecular flexibility index (Phi) is 5.20. The monoisotopic (exact) mass is 286 g/mol. The second-order valence-electron chi connectivity index (χ2n) is 4.63. The maximum atomic E-state index is 12.5. The van der Waals surface area contributed by atoms with Crippen LogP contribution >= 0.6 is 0 Å². The van der Waals surface area contributed by atoms with E-state index in [4.69, 9.17) is 0 Å². The lowest BCUT2D eigenvalue weighted by molar-refractivity contribution is 0.0728. The summed E-state index contributed by atoms with van der Waals surface area (Å²) in [7, 11) is 0. The van der Waals surface area contributed by atoms with Crippen molar-refractivity contribution in [3.63, 3.8) is 0 Å². The van der Waals surface area contributed by atoms with Crippen molar-refractivity contribution in [2.75, 3.05) is 6.54 Å². The van der Waals surface area contributed by atoms with Crippen LogP contribution in [0.15, 0.2) is 36.5 Å². The number of urea groups is 1. The highest BCUT2D eigenvalue weighted by Crippen LogP contribution is 2.19. The first-order valence-corrected chi connectivity index (χ1v) is 6.76. The molecule has 0 spiro atoms. The molecule has 0 saturated heterocycles. The van der Waals surface area contributed by atoms with Crippen molar-refractivity contribution in [1.29, 1.82) is 0 Å². The van der Waals surface area contributed by atoms with Crippen LogP contribution in [0.2, 0.25) is 0 Å². The van der Waals surface area contributed by atoms with Crippen LogP contribution < -0.4 is 5.32 Å². The molecule has 1 aliphatic carbocycles. The fourth-order valence-electron chi connectivity index (χ4n) is 2.25. The first-order valence-electron chi connectivity index (χ1n) is 6.76. The van der Waals surface area contributed by atoms with Gasteiger partial charge in [0, 0.05) is 12.2 Å². The average molecular weight is 286 g/mol. The smallest absolute Gasteiger partial charge is 0.325 e. The lowest BCUT2D eigenvalue weighted by atomic mass is 10.00. The topological polar surface area (TPSA) is 79.4 Å². The van der Waals surface area contributed by atoms with E-state index < -0.39 is 11.9 Å². The van der Waals surface area contributed by atoms with E-state index in [2.05, 4.69) is 10.3 Å². The summed E-state index contributed by atoms with van der Waals surface area (Å²) in [4.78, 5) is 40.1. The molecule has 1 atom stereocenters. The van der Waals surface area contributed by atoms with E-state index in [-0.39, 0.29) is 18.3 Å². The molecule has 109 valence electrons. The van der Waals surface area contributed by atoms with Crippen molar-refractivity contribution in [1.82, 2.24) is 15.2 Å². The number of rotatable bonds is 4. The summed E-state index contributed by atoms with van der Waals surface area (Å²) in [6.45, 7) is -0.243. The first kappa shape index (κ1) is 14.9. The van der Waals surface area contributed by atoms with E-state index >= 15 is 0 Å². The second-order valence-corrected chi connectivity index (χ2v) is 4.63. The summed E-state index contributed by atoms with van der Waals surface area (Å²) in [6.07, 6.45) is 9.18. The Bertz CT molecular complexity index is 542. The number of carbonyl (C=O) groups is 2. The van der Waals surface area contributed by atoms with E-state index in [1.807, 2.05) is 12.2 Å². The molecule has 3 amide bonds. The number of nitrogens with one attached hydrogen (secondary N) is 1. The summed E-state index contributed by atoms with van der Waals surface area (Å²) in [5, 5.41) is 2.37. The second kappa shape index (κ2) is 7.33. The average Bonchev–Trinajstić information content (AvgIpc) is 2.55. The van der Waals surface area contributed by atoms with E-state index in [0.29, 0.717) is 12.8 Å². The van der Waals surface area contributed by atoms with Crippen molar-refractivity contribution >= 4 is 18.2 Å². The summed E-state index contributed by atoms with van der Waals surface area (Å²) in [5.74, 6) is -0.459. The number of carbonyl (C=O) groups excluding carboxylic acids is 3. The van der Waals surface area contributed by atoms with Gasteiger partial charge in [-0.25, -0.2) is 4.79 Å². The van der Waals surface area contributed by atoms with Gasteiger partial charge in [0.2, 0.25) is 6.29 Å². The fraction of sp³-hybridized carbons (Fsp3) is 0.333. The molecule has 0 bridgehead atoms. The number of pyridine rings is 1. The van der Waals surface area contributed by atoms with E-state index in [1.54, 1.807) is 24.5 Å². The molecule has 6 heteroatoms. The van der Waals surface area contributed by atoms with E-state index in [9.17, 15) is 14.4 Å². The van der Waals surface area contributed by atoms with Crippen LogP contribution in [0.4, 0.5) is 4.79 Å². The lowest BCUT2D eigenvalue weighted by Crippen LogP contribution is -2.50. The van der Waals surface area contributed by atoms with Gasteiger partial charge in [-0.05, 0) is 31.4 Å². The number of hydrogen-bond acceptors (Lipinski definition) is 4. The van der Waals surface area contributed by atoms with Gasteiger partial charge in [-0.1, -0.05) is 18.2 Å². The molecule has 1 N–H and O–H groups in total. The van der Waals surface area contributed by atoms with E-state index in [1.165, 1.54) is 6.20 Å². The Morgan fingerprint density at radius 1 is 1.38 bits per heavy atom. The number of hydrogen-bond donors (Lipinski definition) is 1. The van der Waals surface area contributed by atoms with Crippen LogP contribution in [-0.4, -0.2) is 40.7 Å². The Labute approximate surface area is 122 Å². The molecule has 0 aromatic carbocycles. The Morgan fingerprint density at radius 2 is 2.24 bits per heavy atom. The minimum atomic E-state index is -0.589. The van der Waals surface area contributed by atoms with Crippen LogP contribution in [0.1, 0.15) is 29.8 Å². The zero-order chi connectivity index (χ0) is 15.1. The highest BCUT2D eigenvalue weighted by molar-refractivity contribution is 6.03. The summed E-state index contributed by atoms with van der Waals surface area (Å²) in [6, 6.07) is 4.14. The van der Waals surface area contributed by atoms with Crippen LogP contribution in [0.3, 0.4) is 0 Å². The number of amides is 3. The van der Waals surface area contributed by atoms with Crippen LogP contribution in [0.25, 0.3) is 0 Å². The van der Waals surface area contributed by atoms with Gasteiger partial charge in [-0.3, -0.25) is 19.5 Å². The van der Waals surface area contributed by atoms with Gasteiger partial charge in [0.05, 0.1) is 6.54 Å². The van der Waals surface area contributed by atoms with Crippen LogP contribution in [0, 0.1) is 0 Å². The maximum absolute atomic E-state index is 12.5. The normalized spacial score (nSPS) is 17.0. The molecule has 1 aromatic heterocycles. The molecule has 1 aromatic rings. The Morgan fingerprint density at radius 3 is 2.86 bits per heavy atom. The zero-order valence-electron chi connectivity index (χ0n) is 11.5. The highest BCUT2D eigenvalue weighted by Gasteiger charge is 2.31. The SMILES string of the molecule is O=[C]CNC(=O)N(C(=O)c1ccccn1)C1CC=CCC1. The van der Waals surface area contributed by atoms with Gasteiger partial charge in [-0.15, -0.1) is 0 Å². The molecular weight excluding hydrogens is 270 g/mol. The van der Waals surface area contributed by atoms with Gasteiger partial charge in [0.1, 0.15) is 5.69 Å². The molecule has 0 saturated carbocycles.